The molecule has 1 aliphatic rings. The lowest BCUT2D eigenvalue weighted by Crippen LogP contribution is -2.61. The highest BCUT2D eigenvalue weighted by Crippen LogP contribution is 2.39. The molecular formula is C39H32O15. The smallest absolute Gasteiger partial charge is 0.331 e. The Morgan fingerprint density at radius 3 is 1.83 bits per heavy atom. The number of esters is 2. The first-order chi connectivity index (χ1) is 25.8. The van der Waals surface area contributed by atoms with Gasteiger partial charge in [-0.2, -0.15) is 0 Å². The summed E-state index contributed by atoms with van der Waals surface area (Å²) in [4.78, 5) is 40.0. The van der Waals surface area contributed by atoms with Crippen molar-refractivity contribution in [3.05, 3.63) is 112 Å². The van der Waals surface area contributed by atoms with Crippen molar-refractivity contribution in [1.82, 2.24) is 0 Å². The molecule has 0 spiro atoms. The molecule has 4 aromatic carbocycles. The summed E-state index contributed by atoms with van der Waals surface area (Å²) >= 11 is 0. The van der Waals surface area contributed by atoms with Gasteiger partial charge in [-0.1, -0.05) is 24.3 Å². The van der Waals surface area contributed by atoms with E-state index in [0.717, 1.165) is 36.4 Å². The molecule has 6 rings (SSSR count). The Hall–Kier alpha value is -6.97. The number of fused-ring (bicyclic) bond motifs is 1. The van der Waals surface area contributed by atoms with E-state index < -0.39 is 82.2 Å². The van der Waals surface area contributed by atoms with Gasteiger partial charge in [0.1, 0.15) is 34.0 Å². The average molecular weight is 741 g/mol. The van der Waals surface area contributed by atoms with Crippen LogP contribution in [0.25, 0.3) is 34.4 Å². The normalized spacial score (nSPS) is 19.9. The van der Waals surface area contributed by atoms with Crippen LogP contribution in [0.15, 0.2) is 100 Å². The molecule has 0 bridgehead atoms. The fraction of sp³-hybridized carbons (Fsp3) is 0.154. The molecule has 15 nitrogen and oxygen atoms in total. The summed E-state index contributed by atoms with van der Waals surface area (Å²) in [5, 5.41) is 71.0. The molecule has 7 N–H and O–H groups in total. The molecule has 278 valence electrons. The van der Waals surface area contributed by atoms with E-state index in [9.17, 15) is 50.1 Å². The van der Waals surface area contributed by atoms with E-state index in [0.29, 0.717) is 11.1 Å². The second kappa shape index (κ2) is 15.3. The van der Waals surface area contributed by atoms with E-state index in [1.807, 2.05) is 0 Å². The predicted octanol–water partition coefficient (Wildman–Crippen LogP) is 4.43. The quantitative estimate of drug-likeness (QED) is 0.0628. The van der Waals surface area contributed by atoms with Crippen molar-refractivity contribution in [3.8, 4) is 51.6 Å². The number of rotatable bonds is 9. The Labute approximate surface area is 305 Å². The van der Waals surface area contributed by atoms with Crippen molar-refractivity contribution in [2.45, 2.75) is 37.6 Å². The van der Waals surface area contributed by atoms with E-state index in [1.165, 1.54) is 61.5 Å². The molecule has 54 heavy (non-hydrogen) atoms. The number of benzene rings is 4. The van der Waals surface area contributed by atoms with E-state index >= 15 is 0 Å². The number of carbonyl (C=O) groups is 2. The number of carbonyl (C=O) groups excluding carboxylic acids is 2. The molecule has 5 unspecified atom stereocenters. The lowest BCUT2D eigenvalue weighted by atomic mass is 9.99. The van der Waals surface area contributed by atoms with Crippen LogP contribution in [0.4, 0.5) is 0 Å². The summed E-state index contributed by atoms with van der Waals surface area (Å²) in [5.74, 6) is -5.15. The predicted molar refractivity (Wildman–Crippen MR) is 190 cm³/mol. The molecular weight excluding hydrogens is 708 g/mol. The second-order valence-electron chi connectivity index (χ2n) is 12.1. The van der Waals surface area contributed by atoms with Gasteiger partial charge in [-0.05, 0) is 72.7 Å². The molecule has 2 heterocycles. The van der Waals surface area contributed by atoms with Gasteiger partial charge in [0, 0.05) is 29.8 Å². The van der Waals surface area contributed by atoms with Gasteiger partial charge < -0.3 is 59.1 Å². The molecule has 5 aromatic rings. The molecule has 0 aliphatic carbocycles. The summed E-state index contributed by atoms with van der Waals surface area (Å²) in [5.41, 5.74) is -0.248. The Morgan fingerprint density at radius 1 is 0.685 bits per heavy atom. The summed E-state index contributed by atoms with van der Waals surface area (Å²) in [6.45, 7) is 1.42. The fourth-order valence-corrected chi connectivity index (χ4v) is 5.58. The number of aliphatic hydroxyl groups is 1. The van der Waals surface area contributed by atoms with Crippen LogP contribution in [0.5, 0.6) is 40.2 Å². The third kappa shape index (κ3) is 8.07. The lowest BCUT2D eigenvalue weighted by Gasteiger charge is -2.41. The summed E-state index contributed by atoms with van der Waals surface area (Å²) in [7, 11) is 0. The minimum Gasteiger partial charge on any atom is -0.508 e. The van der Waals surface area contributed by atoms with Crippen LogP contribution >= 0.6 is 0 Å². The van der Waals surface area contributed by atoms with Gasteiger partial charge in [-0.3, -0.25) is 4.79 Å². The van der Waals surface area contributed by atoms with Gasteiger partial charge in [0.05, 0.1) is 6.10 Å². The maximum absolute atomic E-state index is 13.9. The van der Waals surface area contributed by atoms with Crippen LogP contribution in [-0.2, 0) is 23.8 Å². The van der Waals surface area contributed by atoms with Crippen molar-refractivity contribution < 1.29 is 68.7 Å². The monoisotopic (exact) mass is 740 g/mol. The van der Waals surface area contributed by atoms with Crippen LogP contribution in [0.3, 0.4) is 0 Å². The third-order valence-electron chi connectivity index (χ3n) is 8.25. The fourth-order valence-electron chi connectivity index (χ4n) is 5.58. The van der Waals surface area contributed by atoms with Crippen molar-refractivity contribution in [1.29, 1.82) is 0 Å². The minimum absolute atomic E-state index is 0.00313. The zero-order chi connectivity index (χ0) is 38.7. The van der Waals surface area contributed by atoms with E-state index in [4.69, 9.17) is 23.4 Å². The lowest BCUT2D eigenvalue weighted by molar-refractivity contribution is -0.275. The van der Waals surface area contributed by atoms with Gasteiger partial charge in [0.2, 0.25) is 17.5 Å². The van der Waals surface area contributed by atoms with Crippen LogP contribution in [0.2, 0.25) is 0 Å². The molecule has 0 radical (unpaired) electrons. The first-order valence-corrected chi connectivity index (χ1v) is 16.2. The summed E-state index contributed by atoms with van der Waals surface area (Å²) in [6, 6.07) is 17.1. The minimum atomic E-state index is -1.96. The number of aromatic hydroxyl groups is 6. The molecule has 1 aromatic heterocycles. The van der Waals surface area contributed by atoms with Crippen LogP contribution < -0.4 is 10.2 Å². The Morgan fingerprint density at radius 2 is 1.26 bits per heavy atom. The summed E-state index contributed by atoms with van der Waals surface area (Å²) in [6.07, 6.45) is -3.22. The topological polar surface area (TPSA) is 243 Å². The van der Waals surface area contributed by atoms with Crippen LogP contribution in [-0.4, -0.2) is 78.4 Å². The maximum Gasteiger partial charge on any atom is 0.331 e. The van der Waals surface area contributed by atoms with Gasteiger partial charge in [-0.15, -0.1) is 0 Å². The number of aliphatic hydroxyl groups excluding tert-OH is 1. The molecule has 1 aliphatic heterocycles. The molecule has 0 saturated carbocycles. The Kier molecular flexibility index (Phi) is 10.4. The standard InChI is InChI=1S/C39H32O15/c1-19-35(52-30(46)14-6-20-2-9-23(40)10-3-20)38(53-31(47)15-7-21-4-11-24(41)12-5-21)34(49)39(50-19)54-37-33(48)32-28(45)17-25(42)18-29(32)51-36(37)22-8-13-26(43)27(44)16-22/h2-19,34-35,38-45,49H,1H3. The molecule has 0 amide bonds. The van der Waals surface area contributed by atoms with E-state index in [1.54, 1.807) is 12.1 Å². The van der Waals surface area contributed by atoms with Crippen molar-refractivity contribution in [2.75, 3.05) is 0 Å². The summed E-state index contributed by atoms with van der Waals surface area (Å²) < 4.78 is 28.9. The third-order valence-corrected chi connectivity index (χ3v) is 8.25. The molecule has 15 heteroatoms. The van der Waals surface area contributed by atoms with E-state index in [2.05, 4.69) is 0 Å². The van der Waals surface area contributed by atoms with Gasteiger partial charge in [0.25, 0.3) is 0 Å². The highest BCUT2D eigenvalue weighted by molar-refractivity contribution is 5.89. The molecule has 5 atom stereocenters. The van der Waals surface area contributed by atoms with Crippen LogP contribution in [0.1, 0.15) is 18.1 Å². The number of hydrogen-bond acceptors (Lipinski definition) is 15. The zero-order valence-electron chi connectivity index (χ0n) is 28.1. The first kappa shape index (κ1) is 36.8. The Bertz CT molecular complexity index is 2310. The SMILES string of the molecule is CC1OC(Oc2c(-c3ccc(O)c(O)c3)oc3cc(O)cc(O)c3c2=O)C(O)C(OC(=O)C=Cc2ccc(O)cc2)C1OC(=O)C=Cc1ccc(O)cc1. The highest BCUT2D eigenvalue weighted by Gasteiger charge is 2.49. The maximum atomic E-state index is 13.9. The largest absolute Gasteiger partial charge is 0.508 e. The van der Waals surface area contributed by atoms with Gasteiger partial charge in [-0.25, -0.2) is 9.59 Å². The Balaban J connectivity index is 1.35. The second-order valence-corrected chi connectivity index (χ2v) is 12.1. The van der Waals surface area contributed by atoms with Crippen LogP contribution in [0, 0.1) is 0 Å². The van der Waals surface area contributed by atoms with Gasteiger partial charge >= 0.3 is 11.9 Å². The van der Waals surface area contributed by atoms with Crippen molar-refractivity contribution >= 4 is 35.1 Å². The van der Waals surface area contributed by atoms with Crippen molar-refractivity contribution in [3.63, 3.8) is 0 Å². The van der Waals surface area contributed by atoms with Gasteiger partial charge in [0.15, 0.2) is 35.6 Å². The molecule has 1 fully saturated rings. The number of phenolic OH excluding ortho intramolecular Hbond substituents is 6. The zero-order valence-corrected chi connectivity index (χ0v) is 28.1. The molecule has 1 saturated heterocycles. The number of ether oxygens (including phenoxy) is 4. The van der Waals surface area contributed by atoms with E-state index in [-0.39, 0.29) is 28.4 Å². The average Bonchev–Trinajstić information content (AvgIpc) is 3.13. The number of hydrogen-bond donors (Lipinski definition) is 7. The highest BCUT2D eigenvalue weighted by atomic mass is 16.7. The first-order valence-electron chi connectivity index (χ1n) is 16.2. The number of phenols is 6. The van der Waals surface area contributed by atoms with Crippen molar-refractivity contribution in [2.24, 2.45) is 0 Å².